The fraction of sp³-hybridized carbons (Fsp3) is 0.333. The molecule has 0 radical (unpaired) electrons. The molecule has 0 amide bonds. The van der Waals surface area contributed by atoms with Crippen molar-refractivity contribution in [2.75, 3.05) is 17.8 Å². The molecule has 2 aromatic carbocycles. The highest BCUT2D eigenvalue weighted by Crippen LogP contribution is 2.25. The van der Waals surface area contributed by atoms with Crippen LogP contribution in [0.2, 0.25) is 0 Å². The summed E-state index contributed by atoms with van der Waals surface area (Å²) in [5.74, 6) is -1.75. The fourth-order valence-corrected chi connectivity index (χ4v) is 5.80. The first-order chi connectivity index (χ1) is 13.1. The summed E-state index contributed by atoms with van der Waals surface area (Å²) in [6.07, 6.45) is 1.77. The molecule has 1 N–H and O–H groups in total. The van der Waals surface area contributed by atoms with Crippen molar-refractivity contribution in [3.63, 3.8) is 0 Å². The molecular weight excluding hydrogens is 410 g/mol. The molecule has 1 heterocycles. The van der Waals surface area contributed by atoms with Crippen LogP contribution in [0.3, 0.4) is 0 Å². The zero-order valence-electron chi connectivity index (χ0n) is 15.1. The minimum absolute atomic E-state index is 0.0568. The van der Waals surface area contributed by atoms with Crippen molar-refractivity contribution in [2.45, 2.75) is 29.6 Å². The largest absolute Gasteiger partial charge is 0.280 e. The van der Waals surface area contributed by atoms with Crippen LogP contribution in [0.15, 0.2) is 52.3 Å². The standard InChI is InChI=1S/C18H20F2N2O4S2/c1-13-3-2-8-22(12-13)28(25,26)17-6-4-16(5-7-17)21-27(23,24)18-10-14(19)9-15(20)11-18/h4-7,9-11,13,21H,2-3,8,12H2,1H3. The summed E-state index contributed by atoms with van der Waals surface area (Å²) in [5, 5.41) is 0. The minimum atomic E-state index is -4.22. The molecule has 28 heavy (non-hydrogen) atoms. The molecular formula is C18H20F2N2O4S2. The summed E-state index contributed by atoms with van der Waals surface area (Å²) in [4.78, 5) is -0.509. The third kappa shape index (κ3) is 4.50. The van der Waals surface area contributed by atoms with Crippen molar-refractivity contribution in [1.29, 1.82) is 0 Å². The zero-order chi connectivity index (χ0) is 20.5. The molecule has 2 aromatic rings. The van der Waals surface area contributed by atoms with E-state index in [9.17, 15) is 25.6 Å². The molecule has 1 aliphatic rings. The van der Waals surface area contributed by atoms with Gasteiger partial charge < -0.3 is 0 Å². The van der Waals surface area contributed by atoms with Crippen molar-refractivity contribution in [2.24, 2.45) is 5.92 Å². The summed E-state index contributed by atoms with van der Waals surface area (Å²) in [6.45, 7) is 2.89. The molecule has 1 saturated heterocycles. The second-order valence-corrected chi connectivity index (χ2v) is 10.5. The van der Waals surface area contributed by atoms with Crippen LogP contribution < -0.4 is 4.72 Å². The molecule has 0 saturated carbocycles. The van der Waals surface area contributed by atoms with Gasteiger partial charge in [0.1, 0.15) is 11.6 Å². The lowest BCUT2D eigenvalue weighted by molar-refractivity contribution is 0.281. The number of anilines is 1. The number of hydrogen-bond donors (Lipinski definition) is 1. The second kappa shape index (κ2) is 7.76. The van der Waals surface area contributed by atoms with Gasteiger partial charge >= 0.3 is 0 Å². The molecule has 1 unspecified atom stereocenters. The maximum absolute atomic E-state index is 13.3. The average Bonchev–Trinajstić information content (AvgIpc) is 2.61. The predicted molar refractivity (Wildman–Crippen MR) is 101 cm³/mol. The highest BCUT2D eigenvalue weighted by atomic mass is 32.2. The van der Waals surface area contributed by atoms with E-state index in [1.807, 2.05) is 6.92 Å². The van der Waals surface area contributed by atoms with Crippen molar-refractivity contribution in [3.8, 4) is 0 Å². The van der Waals surface area contributed by atoms with Crippen LogP contribution in [0, 0.1) is 17.6 Å². The van der Waals surface area contributed by atoms with Gasteiger partial charge in [0.05, 0.1) is 9.79 Å². The van der Waals surface area contributed by atoms with E-state index in [1.54, 1.807) is 0 Å². The third-order valence-corrected chi connectivity index (χ3v) is 7.75. The van der Waals surface area contributed by atoms with Gasteiger partial charge in [-0.05, 0) is 55.2 Å². The molecule has 3 rings (SSSR count). The molecule has 0 spiro atoms. The minimum Gasteiger partial charge on any atom is -0.280 e. The molecule has 1 atom stereocenters. The summed E-state index contributed by atoms with van der Waals surface area (Å²) >= 11 is 0. The molecule has 1 aliphatic heterocycles. The molecule has 0 aromatic heterocycles. The number of nitrogens with one attached hydrogen (secondary N) is 1. The van der Waals surface area contributed by atoms with Gasteiger partial charge in [-0.2, -0.15) is 4.31 Å². The third-order valence-electron chi connectivity index (χ3n) is 4.51. The van der Waals surface area contributed by atoms with Crippen LogP contribution in [-0.2, 0) is 20.0 Å². The van der Waals surface area contributed by atoms with Gasteiger partial charge in [0.25, 0.3) is 10.0 Å². The van der Waals surface area contributed by atoms with Gasteiger partial charge in [-0.1, -0.05) is 6.92 Å². The summed E-state index contributed by atoms with van der Waals surface area (Å²) in [5.41, 5.74) is 0.0793. The maximum atomic E-state index is 13.3. The van der Waals surface area contributed by atoms with Crippen LogP contribution in [0.4, 0.5) is 14.5 Å². The van der Waals surface area contributed by atoms with Gasteiger partial charge in [-0.3, -0.25) is 4.72 Å². The first kappa shape index (κ1) is 20.7. The van der Waals surface area contributed by atoms with E-state index in [4.69, 9.17) is 0 Å². The summed E-state index contributed by atoms with van der Waals surface area (Å²) in [6, 6.07) is 7.17. The second-order valence-electron chi connectivity index (χ2n) is 6.85. The predicted octanol–water partition coefficient (Wildman–Crippen LogP) is 3.19. The van der Waals surface area contributed by atoms with E-state index in [0.29, 0.717) is 31.3 Å². The molecule has 0 bridgehead atoms. The Hall–Kier alpha value is -2.04. The van der Waals surface area contributed by atoms with Crippen molar-refractivity contribution in [1.82, 2.24) is 4.31 Å². The van der Waals surface area contributed by atoms with Gasteiger partial charge in [0, 0.05) is 24.8 Å². The Morgan fingerprint density at radius 3 is 2.14 bits per heavy atom. The SMILES string of the molecule is CC1CCCN(S(=O)(=O)c2ccc(NS(=O)(=O)c3cc(F)cc(F)c3)cc2)C1. The Kier molecular flexibility index (Phi) is 5.74. The lowest BCUT2D eigenvalue weighted by Gasteiger charge is -2.30. The first-order valence-electron chi connectivity index (χ1n) is 8.67. The van der Waals surface area contributed by atoms with Crippen LogP contribution >= 0.6 is 0 Å². The lowest BCUT2D eigenvalue weighted by atomic mass is 10.0. The number of halogens is 2. The monoisotopic (exact) mass is 430 g/mol. The Morgan fingerprint density at radius 1 is 0.964 bits per heavy atom. The van der Waals surface area contributed by atoms with Crippen LogP contribution in [0.1, 0.15) is 19.8 Å². The molecule has 152 valence electrons. The van der Waals surface area contributed by atoms with E-state index in [1.165, 1.54) is 28.6 Å². The summed E-state index contributed by atoms with van der Waals surface area (Å²) in [7, 11) is -7.89. The van der Waals surface area contributed by atoms with Crippen molar-refractivity contribution >= 4 is 25.7 Å². The van der Waals surface area contributed by atoms with Gasteiger partial charge in [0.2, 0.25) is 10.0 Å². The fourth-order valence-electron chi connectivity index (χ4n) is 3.11. The smallest absolute Gasteiger partial charge is 0.262 e. The highest BCUT2D eigenvalue weighted by molar-refractivity contribution is 7.92. The van der Waals surface area contributed by atoms with E-state index in [-0.39, 0.29) is 16.5 Å². The molecule has 6 nitrogen and oxygen atoms in total. The van der Waals surface area contributed by atoms with Crippen molar-refractivity contribution < 1.29 is 25.6 Å². The molecule has 10 heteroatoms. The Balaban J connectivity index is 1.80. The van der Waals surface area contributed by atoms with Crippen LogP contribution in [0.25, 0.3) is 0 Å². The Morgan fingerprint density at radius 2 is 1.57 bits per heavy atom. The zero-order valence-corrected chi connectivity index (χ0v) is 16.7. The van der Waals surface area contributed by atoms with E-state index < -0.39 is 36.6 Å². The topological polar surface area (TPSA) is 83.6 Å². The summed E-state index contributed by atoms with van der Waals surface area (Å²) < 4.78 is 80.2. The van der Waals surface area contributed by atoms with E-state index >= 15 is 0 Å². The highest BCUT2D eigenvalue weighted by Gasteiger charge is 2.28. The maximum Gasteiger partial charge on any atom is 0.262 e. The Labute approximate surface area is 163 Å². The molecule has 1 fully saturated rings. The normalized spacial score (nSPS) is 18.8. The Bertz CT molecular complexity index is 1050. The van der Waals surface area contributed by atoms with Gasteiger partial charge in [-0.25, -0.2) is 25.6 Å². The van der Waals surface area contributed by atoms with Crippen molar-refractivity contribution in [3.05, 3.63) is 54.1 Å². The van der Waals surface area contributed by atoms with Gasteiger partial charge in [0.15, 0.2) is 0 Å². The molecule has 0 aliphatic carbocycles. The van der Waals surface area contributed by atoms with Crippen LogP contribution in [-0.4, -0.2) is 34.2 Å². The van der Waals surface area contributed by atoms with Crippen LogP contribution in [0.5, 0.6) is 0 Å². The number of benzene rings is 2. The number of sulfonamides is 2. The first-order valence-corrected chi connectivity index (χ1v) is 11.6. The number of piperidine rings is 1. The number of rotatable bonds is 5. The number of hydrogen-bond acceptors (Lipinski definition) is 4. The number of nitrogens with zero attached hydrogens (tertiary/aromatic N) is 1. The van der Waals surface area contributed by atoms with Gasteiger partial charge in [-0.15, -0.1) is 0 Å². The van der Waals surface area contributed by atoms with E-state index in [2.05, 4.69) is 4.72 Å². The average molecular weight is 430 g/mol. The quantitative estimate of drug-likeness (QED) is 0.790. The lowest BCUT2D eigenvalue weighted by Crippen LogP contribution is -2.39. The van der Waals surface area contributed by atoms with E-state index in [0.717, 1.165) is 12.8 Å².